The van der Waals surface area contributed by atoms with E-state index in [4.69, 9.17) is 19.2 Å². The molecule has 5 aromatic rings. The van der Waals surface area contributed by atoms with Crippen molar-refractivity contribution in [1.29, 1.82) is 0 Å². The van der Waals surface area contributed by atoms with Crippen molar-refractivity contribution in [1.82, 2.24) is 30.6 Å². The number of aromatic nitrogens is 1. The largest absolute Gasteiger partial charge is 0.497 e. The Morgan fingerprint density at radius 2 is 1.69 bits per heavy atom. The molecule has 1 unspecified atom stereocenters. The summed E-state index contributed by atoms with van der Waals surface area (Å²) in [5, 5.41) is 9.27. The number of ether oxygens (including phenoxy) is 3. The summed E-state index contributed by atoms with van der Waals surface area (Å²) >= 11 is 0. The summed E-state index contributed by atoms with van der Waals surface area (Å²) in [5.41, 5.74) is 0.432. The molecule has 1 aromatic heterocycles. The molecule has 0 spiro atoms. The van der Waals surface area contributed by atoms with Crippen molar-refractivity contribution in [3.8, 4) is 28.5 Å². The Balaban J connectivity index is 1.18. The van der Waals surface area contributed by atoms with Crippen molar-refractivity contribution in [2.24, 2.45) is 5.92 Å². The fourth-order valence-electron chi connectivity index (χ4n) is 8.17. The van der Waals surface area contributed by atoms with Gasteiger partial charge in [0.15, 0.2) is 0 Å². The summed E-state index contributed by atoms with van der Waals surface area (Å²) in [7, 11) is -2.76. The normalized spacial score (nSPS) is 22.8. The Morgan fingerprint density at radius 3 is 2.42 bits per heavy atom. The van der Waals surface area contributed by atoms with Gasteiger partial charge in [-0.3, -0.25) is 14.4 Å². The molecule has 5 amide bonds. The Labute approximate surface area is 371 Å². The zero-order valence-corrected chi connectivity index (χ0v) is 36.7. The van der Waals surface area contributed by atoms with Crippen molar-refractivity contribution in [3.63, 3.8) is 0 Å². The van der Waals surface area contributed by atoms with E-state index in [0.29, 0.717) is 39.4 Å². The highest BCUT2D eigenvalue weighted by molar-refractivity contribution is 7.90. The van der Waals surface area contributed by atoms with E-state index < -0.39 is 69.0 Å². The number of fused-ring (bicyclic) bond motifs is 5. The first kappa shape index (κ1) is 43.7. The Kier molecular flexibility index (Phi) is 12.1. The molecule has 2 fully saturated rings. The summed E-state index contributed by atoms with van der Waals surface area (Å²) in [6, 6.07) is 28.4. The van der Waals surface area contributed by atoms with E-state index in [2.05, 4.69) is 20.7 Å². The first-order valence-corrected chi connectivity index (χ1v) is 22.5. The van der Waals surface area contributed by atoms with Crippen molar-refractivity contribution < 1.29 is 41.8 Å². The number of methoxy groups -OCH3 is 1. The molecule has 2 bridgehead atoms. The molecule has 1 saturated heterocycles. The number of nitrogens with zero attached hydrogens (tertiary/aromatic N) is 2. The Hall–Kier alpha value is -6.94. The second kappa shape index (κ2) is 17.7. The molecule has 3 heterocycles. The maximum atomic E-state index is 15.1. The van der Waals surface area contributed by atoms with E-state index in [9.17, 15) is 22.8 Å². The number of pyridine rings is 1. The molecule has 16 heteroatoms. The third-order valence-corrected chi connectivity index (χ3v) is 12.7. The molecule has 5 atom stereocenters. The second-order valence-corrected chi connectivity index (χ2v) is 18.9. The lowest BCUT2D eigenvalue weighted by Crippen LogP contribution is -2.59. The predicted octanol–water partition coefficient (Wildman–Crippen LogP) is 5.30. The van der Waals surface area contributed by atoms with Crippen LogP contribution in [0, 0.1) is 5.92 Å². The van der Waals surface area contributed by atoms with Gasteiger partial charge >= 0.3 is 6.03 Å². The number of benzene rings is 4. The molecular formula is C48H50N6O9S. The molecule has 15 nitrogen and oxygen atoms in total. The first-order valence-electron chi connectivity index (χ1n) is 21.0. The van der Waals surface area contributed by atoms with Gasteiger partial charge in [0.2, 0.25) is 11.8 Å². The number of hydrogen-bond acceptors (Lipinski definition) is 10. The van der Waals surface area contributed by atoms with E-state index in [0.717, 1.165) is 5.56 Å². The van der Waals surface area contributed by atoms with E-state index in [-0.39, 0.29) is 37.3 Å². The van der Waals surface area contributed by atoms with Crippen LogP contribution in [0.1, 0.15) is 39.2 Å². The van der Waals surface area contributed by atoms with Gasteiger partial charge in [-0.15, -0.1) is 0 Å². The number of nitrogens with one attached hydrogen (secondary N) is 4. The zero-order chi connectivity index (χ0) is 45.2. The van der Waals surface area contributed by atoms with Gasteiger partial charge in [0.1, 0.15) is 47.6 Å². The van der Waals surface area contributed by atoms with Crippen LogP contribution in [0.15, 0.2) is 126 Å². The summed E-state index contributed by atoms with van der Waals surface area (Å²) in [5.74, 6) is -1.26. The van der Waals surface area contributed by atoms with Gasteiger partial charge in [-0.1, -0.05) is 72.8 Å². The molecule has 8 rings (SSSR count). The summed E-state index contributed by atoms with van der Waals surface area (Å²) in [6.07, 6.45) is 2.77. The quantitative estimate of drug-likeness (QED) is 0.149. The lowest BCUT2D eigenvalue weighted by Gasteiger charge is -2.31. The lowest BCUT2D eigenvalue weighted by molar-refractivity contribution is -0.141. The van der Waals surface area contributed by atoms with Gasteiger partial charge in [0, 0.05) is 47.4 Å². The van der Waals surface area contributed by atoms with Crippen LogP contribution in [0.2, 0.25) is 0 Å². The van der Waals surface area contributed by atoms with Gasteiger partial charge in [0.05, 0.1) is 29.8 Å². The number of urea groups is 1. The van der Waals surface area contributed by atoms with Crippen LogP contribution in [-0.2, 0) is 30.8 Å². The van der Waals surface area contributed by atoms with Gasteiger partial charge in [-0.2, -0.15) is 0 Å². The van der Waals surface area contributed by atoms with Crippen molar-refractivity contribution in [2.75, 3.05) is 20.3 Å². The maximum absolute atomic E-state index is 15.1. The highest BCUT2D eigenvalue weighted by Gasteiger charge is 2.61. The zero-order valence-electron chi connectivity index (χ0n) is 35.9. The molecule has 332 valence electrons. The minimum atomic E-state index is -4.33. The molecular weight excluding hydrogens is 837 g/mol. The van der Waals surface area contributed by atoms with Crippen LogP contribution in [0.3, 0.4) is 0 Å². The number of sulfonamides is 1. The van der Waals surface area contributed by atoms with Gasteiger partial charge < -0.3 is 35.1 Å². The van der Waals surface area contributed by atoms with Crippen molar-refractivity contribution in [2.45, 2.75) is 74.2 Å². The fraction of sp³-hybridized carbons (Fsp3) is 0.312. The minimum absolute atomic E-state index is 0.0109. The molecule has 64 heavy (non-hydrogen) atoms. The predicted molar refractivity (Wildman–Crippen MR) is 239 cm³/mol. The van der Waals surface area contributed by atoms with Crippen LogP contribution in [0.25, 0.3) is 22.2 Å². The van der Waals surface area contributed by atoms with Gasteiger partial charge in [-0.25, -0.2) is 22.9 Å². The van der Waals surface area contributed by atoms with Crippen LogP contribution in [-0.4, -0.2) is 91.6 Å². The van der Waals surface area contributed by atoms with E-state index in [1.807, 2.05) is 69.3 Å². The molecule has 4 aromatic carbocycles. The third kappa shape index (κ3) is 9.66. The number of rotatable bonds is 8. The fourth-order valence-corrected chi connectivity index (χ4v) is 9.23. The van der Waals surface area contributed by atoms with Crippen molar-refractivity contribution >= 4 is 44.7 Å². The number of hydrogen-bond donors (Lipinski definition) is 4. The van der Waals surface area contributed by atoms with Gasteiger partial charge in [0.25, 0.3) is 15.9 Å². The third-order valence-electron chi connectivity index (χ3n) is 11.4. The van der Waals surface area contributed by atoms with E-state index >= 15 is 4.79 Å². The average molecular weight is 887 g/mol. The molecule has 4 N–H and O–H groups in total. The molecule has 1 aliphatic carbocycles. The lowest BCUT2D eigenvalue weighted by atomic mass is 10.0. The Morgan fingerprint density at radius 1 is 0.938 bits per heavy atom. The summed E-state index contributed by atoms with van der Waals surface area (Å²) in [6.45, 7) is 5.46. The highest BCUT2D eigenvalue weighted by atomic mass is 32.2. The van der Waals surface area contributed by atoms with Crippen LogP contribution in [0.5, 0.6) is 17.2 Å². The van der Waals surface area contributed by atoms with Crippen molar-refractivity contribution in [3.05, 3.63) is 127 Å². The smallest absolute Gasteiger partial charge is 0.315 e. The molecule has 2 aliphatic heterocycles. The minimum Gasteiger partial charge on any atom is -0.497 e. The molecule has 1 saturated carbocycles. The number of carbonyl (C=O) groups excluding carboxylic acids is 4. The summed E-state index contributed by atoms with van der Waals surface area (Å²) in [4.78, 5) is 63.7. The Bertz CT molecular complexity index is 2730. The summed E-state index contributed by atoms with van der Waals surface area (Å²) < 4.78 is 47.3. The molecule has 3 aliphatic rings. The van der Waals surface area contributed by atoms with Crippen LogP contribution in [0.4, 0.5) is 4.79 Å². The number of amides is 5. The van der Waals surface area contributed by atoms with Crippen LogP contribution < -0.4 is 34.9 Å². The van der Waals surface area contributed by atoms with Gasteiger partial charge in [-0.05, 0) is 69.2 Å². The SMILES string of the molecule is COc1ccc2c(O[C@@H]3C[C@H]4C(=O)N[C@@]5(C(=O)NS(=O)(=O)c6ccccc6)CC5/C=C\COc5cccc(c5)C[C@@H](NC(=O)NC(C)(C)C)C(=O)N4C3)cc(-c3ccccc3)nc2c1. The maximum Gasteiger partial charge on any atom is 0.315 e. The highest BCUT2D eigenvalue weighted by Crippen LogP contribution is 2.46. The van der Waals surface area contributed by atoms with E-state index in [1.54, 1.807) is 55.7 Å². The number of carbonyl (C=O) groups is 4. The van der Waals surface area contributed by atoms with Crippen LogP contribution >= 0.6 is 0 Å². The first-order chi connectivity index (χ1) is 30.6. The molecule has 0 radical (unpaired) electrons. The average Bonchev–Trinajstić information content (AvgIpc) is 3.80. The monoisotopic (exact) mass is 886 g/mol. The van der Waals surface area contributed by atoms with E-state index in [1.165, 1.54) is 29.2 Å². The topological polar surface area (TPSA) is 194 Å². The standard InChI is InChI=1S/C48H50N6O9S/c1-47(2,3)52-46(58)50-40-24-30-13-11-17-34(23-30)62-22-12-16-32-28-48(32,45(57)53-64(59,60)36-18-9-6-10-19-36)51-43(55)41-26-35(29-54(41)44(40)56)63-42-27-38(31-14-7-5-8-15-31)49-39-25-33(61-4)20-21-37(39)42/h5-21,23,25,27,32,35,40-41H,22,24,26,28-29H2,1-4H3,(H,51,55)(H,53,57)(H2,50,52,58)/b16-12-/t32?,35-,40-,41+,48+/m1/s1. The second-order valence-electron chi connectivity index (χ2n) is 17.2.